The fourth-order valence-electron chi connectivity index (χ4n) is 3.77. The number of hydrogen-bond acceptors (Lipinski definition) is 7. The number of nitriles is 1. The van der Waals surface area contributed by atoms with Crippen molar-refractivity contribution in [3.63, 3.8) is 0 Å². The van der Waals surface area contributed by atoms with E-state index < -0.39 is 5.92 Å². The molecule has 1 atom stereocenters. The third-order valence-corrected chi connectivity index (χ3v) is 5.30. The Labute approximate surface area is 186 Å². The van der Waals surface area contributed by atoms with Crippen LogP contribution in [-0.4, -0.2) is 31.0 Å². The molecule has 0 fully saturated rings. The Bertz CT molecular complexity index is 1190. The van der Waals surface area contributed by atoms with Gasteiger partial charge in [0.25, 0.3) is 0 Å². The Hall–Kier alpha value is -4.12. The lowest BCUT2D eigenvalue weighted by Gasteiger charge is -2.24. The van der Waals surface area contributed by atoms with Crippen LogP contribution < -0.4 is 24.7 Å². The maximum absolute atomic E-state index is 9.89. The monoisotopic (exact) mass is 432 g/mol. The standard InChI is InChI=1S/C24H24N4O4/c1-4-11-31-16-8-5-14(6-9-16)22-21-20(15-7-10-18(29-2)19(12-15)30-3)17(13-25)23(26)32-24(21)28-27-22/h5-10,12,20H,4,11,26H2,1-3H3,(H,27,28)/t20-/m1/s1. The molecule has 0 saturated carbocycles. The van der Waals surface area contributed by atoms with Gasteiger partial charge in [0.1, 0.15) is 17.4 Å². The van der Waals surface area contributed by atoms with Gasteiger partial charge in [0.15, 0.2) is 11.5 Å². The van der Waals surface area contributed by atoms with Crippen LogP contribution in [-0.2, 0) is 0 Å². The van der Waals surface area contributed by atoms with Crippen molar-refractivity contribution in [2.45, 2.75) is 19.3 Å². The van der Waals surface area contributed by atoms with E-state index in [1.807, 2.05) is 36.4 Å². The average molecular weight is 432 g/mol. The Kier molecular flexibility index (Phi) is 5.90. The number of aromatic amines is 1. The lowest BCUT2D eigenvalue weighted by atomic mass is 9.83. The summed E-state index contributed by atoms with van der Waals surface area (Å²) in [6.45, 7) is 2.72. The topological polar surface area (TPSA) is 115 Å². The first kappa shape index (κ1) is 21.1. The molecule has 4 rings (SSSR count). The van der Waals surface area contributed by atoms with E-state index in [0.717, 1.165) is 34.6 Å². The molecule has 1 aromatic heterocycles. The van der Waals surface area contributed by atoms with Crippen LogP contribution in [0.25, 0.3) is 11.3 Å². The summed E-state index contributed by atoms with van der Waals surface area (Å²) >= 11 is 0. The van der Waals surface area contributed by atoms with E-state index >= 15 is 0 Å². The van der Waals surface area contributed by atoms with Gasteiger partial charge in [0, 0.05) is 5.56 Å². The van der Waals surface area contributed by atoms with Crippen LogP contribution in [0.5, 0.6) is 23.1 Å². The lowest BCUT2D eigenvalue weighted by Crippen LogP contribution is -2.21. The highest BCUT2D eigenvalue weighted by Gasteiger charge is 2.36. The SMILES string of the molecule is CCCOc1ccc(-c2[nH]nc3c2[C@H](c2ccc(OC)c(OC)c2)C(C#N)=C(N)O3)cc1. The molecule has 0 radical (unpaired) electrons. The molecular weight excluding hydrogens is 408 g/mol. The number of allylic oxidation sites excluding steroid dienone is 1. The van der Waals surface area contributed by atoms with Crippen LogP contribution in [0.1, 0.15) is 30.4 Å². The zero-order chi connectivity index (χ0) is 22.7. The molecule has 0 aliphatic carbocycles. The minimum atomic E-state index is -0.492. The quantitative estimate of drug-likeness (QED) is 0.577. The van der Waals surface area contributed by atoms with E-state index in [1.165, 1.54) is 0 Å². The number of H-pyrrole nitrogens is 1. The summed E-state index contributed by atoms with van der Waals surface area (Å²) in [5, 5.41) is 17.3. The van der Waals surface area contributed by atoms with Crippen molar-refractivity contribution >= 4 is 0 Å². The molecule has 0 spiro atoms. The number of fused-ring (bicyclic) bond motifs is 1. The first-order valence-corrected chi connectivity index (χ1v) is 10.2. The third kappa shape index (κ3) is 3.69. The second-order valence-corrected chi connectivity index (χ2v) is 7.23. The van der Waals surface area contributed by atoms with E-state index in [1.54, 1.807) is 20.3 Å². The highest BCUT2D eigenvalue weighted by molar-refractivity contribution is 5.71. The second-order valence-electron chi connectivity index (χ2n) is 7.23. The highest BCUT2D eigenvalue weighted by atomic mass is 16.5. The average Bonchev–Trinajstić information content (AvgIpc) is 3.24. The Balaban J connectivity index is 1.83. The summed E-state index contributed by atoms with van der Waals surface area (Å²) in [5.41, 5.74) is 9.53. The minimum absolute atomic E-state index is 0.0288. The normalized spacial score (nSPS) is 14.9. The fraction of sp³-hybridized carbons (Fsp3) is 0.250. The molecule has 0 bridgehead atoms. The van der Waals surface area contributed by atoms with Crippen molar-refractivity contribution in [3.8, 4) is 40.5 Å². The molecule has 2 aromatic carbocycles. The molecule has 0 amide bonds. The third-order valence-electron chi connectivity index (χ3n) is 5.30. The summed E-state index contributed by atoms with van der Waals surface area (Å²) in [4.78, 5) is 0. The molecular formula is C24H24N4O4. The first-order valence-electron chi connectivity index (χ1n) is 10.2. The molecule has 0 unspecified atom stereocenters. The smallest absolute Gasteiger partial charge is 0.244 e. The summed E-state index contributed by atoms with van der Waals surface area (Å²) < 4.78 is 22.2. The minimum Gasteiger partial charge on any atom is -0.494 e. The van der Waals surface area contributed by atoms with Crippen molar-refractivity contribution in [2.24, 2.45) is 5.73 Å². The summed E-state index contributed by atoms with van der Waals surface area (Å²) in [5.74, 6) is 1.81. The van der Waals surface area contributed by atoms with Gasteiger partial charge in [-0.1, -0.05) is 13.0 Å². The fourth-order valence-corrected chi connectivity index (χ4v) is 3.77. The number of nitrogens with one attached hydrogen (secondary N) is 1. The van der Waals surface area contributed by atoms with Crippen molar-refractivity contribution in [1.82, 2.24) is 10.2 Å². The number of hydrogen-bond donors (Lipinski definition) is 2. The van der Waals surface area contributed by atoms with Gasteiger partial charge in [-0.2, -0.15) is 5.26 Å². The van der Waals surface area contributed by atoms with Crippen molar-refractivity contribution in [1.29, 1.82) is 5.26 Å². The van der Waals surface area contributed by atoms with E-state index in [0.29, 0.717) is 29.6 Å². The molecule has 32 heavy (non-hydrogen) atoms. The van der Waals surface area contributed by atoms with Crippen LogP contribution in [0.15, 0.2) is 53.9 Å². The zero-order valence-electron chi connectivity index (χ0n) is 18.1. The molecule has 8 nitrogen and oxygen atoms in total. The Morgan fingerprint density at radius 3 is 2.53 bits per heavy atom. The summed E-state index contributed by atoms with van der Waals surface area (Å²) in [6.07, 6.45) is 0.935. The van der Waals surface area contributed by atoms with E-state index in [2.05, 4.69) is 23.2 Å². The van der Waals surface area contributed by atoms with Crippen LogP contribution in [0, 0.1) is 11.3 Å². The second kappa shape index (κ2) is 8.94. The van der Waals surface area contributed by atoms with Crippen LogP contribution in [0.3, 0.4) is 0 Å². The predicted molar refractivity (Wildman–Crippen MR) is 119 cm³/mol. The van der Waals surface area contributed by atoms with Gasteiger partial charge in [0.05, 0.1) is 38.0 Å². The molecule has 164 valence electrons. The number of methoxy groups -OCH3 is 2. The predicted octanol–water partition coefficient (Wildman–Crippen LogP) is 4.10. The molecule has 8 heteroatoms. The van der Waals surface area contributed by atoms with Gasteiger partial charge in [0.2, 0.25) is 11.8 Å². The van der Waals surface area contributed by atoms with Gasteiger partial charge in [-0.15, -0.1) is 5.10 Å². The highest BCUT2D eigenvalue weighted by Crippen LogP contribution is 2.47. The molecule has 1 aliphatic heterocycles. The van der Waals surface area contributed by atoms with Crippen molar-refractivity contribution in [3.05, 3.63) is 65.0 Å². The first-order chi connectivity index (χ1) is 15.6. The maximum Gasteiger partial charge on any atom is 0.244 e. The van der Waals surface area contributed by atoms with E-state index in [4.69, 9.17) is 24.7 Å². The Morgan fingerprint density at radius 2 is 1.88 bits per heavy atom. The Morgan fingerprint density at radius 1 is 1.12 bits per heavy atom. The molecule has 3 aromatic rings. The van der Waals surface area contributed by atoms with E-state index in [9.17, 15) is 5.26 Å². The number of aromatic nitrogens is 2. The zero-order valence-corrected chi connectivity index (χ0v) is 18.1. The van der Waals surface area contributed by atoms with Crippen LogP contribution >= 0.6 is 0 Å². The summed E-state index contributed by atoms with van der Waals surface area (Å²) in [6, 6.07) is 15.4. The van der Waals surface area contributed by atoms with E-state index in [-0.39, 0.29) is 5.88 Å². The lowest BCUT2D eigenvalue weighted by molar-refractivity contribution is 0.317. The van der Waals surface area contributed by atoms with Crippen LogP contribution in [0.2, 0.25) is 0 Å². The summed E-state index contributed by atoms with van der Waals surface area (Å²) in [7, 11) is 3.14. The molecule has 0 saturated heterocycles. The number of rotatable bonds is 7. The number of nitrogens with zero attached hydrogens (tertiary/aromatic N) is 2. The maximum atomic E-state index is 9.89. The number of ether oxygens (including phenoxy) is 4. The largest absolute Gasteiger partial charge is 0.494 e. The van der Waals surface area contributed by atoms with Gasteiger partial charge >= 0.3 is 0 Å². The number of benzene rings is 2. The van der Waals surface area contributed by atoms with Gasteiger partial charge in [-0.25, -0.2) is 0 Å². The number of nitrogens with two attached hydrogens (primary N) is 1. The van der Waals surface area contributed by atoms with Crippen molar-refractivity contribution < 1.29 is 18.9 Å². The molecule has 1 aliphatic rings. The molecule has 2 heterocycles. The molecule has 3 N–H and O–H groups in total. The van der Waals surface area contributed by atoms with Gasteiger partial charge in [-0.05, 0) is 48.4 Å². The van der Waals surface area contributed by atoms with Crippen LogP contribution in [0.4, 0.5) is 0 Å². The van der Waals surface area contributed by atoms with Gasteiger partial charge in [-0.3, -0.25) is 5.10 Å². The van der Waals surface area contributed by atoms with Crippen molar-refractivity contribution in [2.75, 3.05) is 20.8 Å². The van der Waals surface area contributed by atoms with Gasteiger partial charge < -0.3 is 24.7 Å².